The second kappa shape index (κ2) is 3.22. The van der Waals surface area contributed by atoms with Gasteiger partial charge in [-0.25, -0.2) is 4.79 Å². The van der Waals surface area contributed by atoms with E-state index >= 15 is 0 Å². The van der Waals surface area contributed by atoms with Crippen LogP contribution in [0.4, 0.5) is 0 Å². The first-order valence-electron chi connectivity index (χ1n) is 5.50. The Morgan fingerprint density at radius 2 is 2.25 bits per heavy atom. The van der Waals surface area contributed by atoms with Crippen LogP contribution in [-0.2, 0) is 7.05 Å². The summed E-state index contributed by atoms with van der Waals surface area (Å²) in [5.74, 6) is -0.304. The maximum absolute atomic E-state index is 11.3. The number of nitrogens with zero attached hydrogens (tertiary/aromatic N) is 1. The molecule has 4 nitrogen and oxygen atoms in total. The van der Waals surface area contributed by atoms with Crippen molar-refractivity contribution in [3.63, 3.8) is 0 Å². The second-order valence-corrected chi connectivity index (χ2v) is 4.51. The number of oxazole rings is 1. The average Bonchev–Trinajstić information content (AvgIpc) is 2.51. The summed E-state index contributed by atoms with van der Waals surface area (Å²) < 4.78 is 6.64. The number of hydrogen-bond acceptors (Lipinski definition) is 3. The zero-order valence-electron chi connectivity index (χ0n) is 9.36. The van der Waals surface area contributed by atoms with Crippen molar-refractivity contribution in [3.05, 3.63) is 34.3 Å². The summed E-state index contributed by atoms with van der Waals surface area (Å²) in [5.41, 5.74) is 2.74. The van der Waals surface area contributed by atoms with Gasteiger partial charge in [0.1, 0.15) is 0 Å². The van der Waals surface area contributed by atoms with E-state index < -0.39 is 0 Å². The van der Waals surface area contributed by atoms with Crippen LogP contribution in [0.3, 0.4) is 0 Å². The smallest absolute Gasteiger partial charge is 0.408 e. The van der Waals surface area contributed by atoms with E-state index in [1.54, 1.807) is 11.6 Å². The molecule has 1 aromatic heterocycles. The molecule has 0 aliphatic carbocycles. The van der Waals surface area contributed by atoms with Crippen LogP contribution in [-0.4, -0.2) is 10.6 Å². The highest BCUT2D eigenvalue weighted by Gasteiger charge is 2.26. The molecule has 1 aromatic carbocycles. The molecule has 2 unspecified atom stereocenters. The van der Waals surface area contributed by atoms with Gasteiger partial charge in [-0.2, -0.15) is 0 Å². The van der Waals surface area contributed by atoms with E-state index in [1.165, 1.54) is 5.56 Å². The molecule has 0 saturated carbocycles. The lowest BCUT2D eigenvalue weighted by molar-refractivity contribution is 0.288. The maximum atomic E-state index is 11.3. The molecular weight excluding hydrogens is 204 g/mol. The first kappa shape index (κ1) is 9.66. The van der Waals surface area contributed by atoms with Gasteiger partial charge in [0.05, 0.1) is 5.52 Å². The Labute approximate surface area is 92.9 Å². The normalized spacial score (nSPS) is 24.6. The van der Waals surface area contributed by atoms with E-state index in [4.69, 9.17) is 4.42 Å². The molecule has 2 aromatic rings. The summed E-state index contributed by atoms with van der Waals surface area (Å²) in [6.45, 7) is 2.17. The molecule has 1 aliphatic heterocycles. The van der Waals surface area contributed by atoms with E-state index in [2.05, 4.69) is 12.2 Å². The first-order valence-corrected chi connectivity index (χ1v) is 5.50. The number of benzene rings is 1. The fourth-order valence-corrected chi connectivity index (χ4v) is 2.27. The van der Waals surface area contributed by atoms with Crippen molar-refractivity contribution in [2.45, 2.75) is 25.4 Å². The third-order valence-electron chi connectivity index (χ3n) is 3.29. The molecule has 0 spiro atoms. The van der Waals surface area contributed by atoms with E-state index in [0.717, 1.165) is 11.9 Å². The Morgan fingerprint density at radius 3 is 2.94 bits per heavy atom. The summed E-state index contributed by atoms with van der Waals surface area (Å²) >= 11 is 0. The molecule has 1 fully saturated rings. The Balaban J connectivity index is 2.08. The summed E-state index contributed by atoms with van der Waals surface area (Å²) in [4.78, 5) is 11.3. The second-order valence-electron chi connectivity index (χ2n) is 4.51. The van der Waals surface area contributed by atoms with Gasteiger partial charge in [-0.05, 0) is 31.0 Å². The highest BCUT2D eigenvalue weighted by molar-refractivity contribution is 5.73. The molecule has 1 saturated heterocycles. The molecule has 0 amide bonds. The van der Waals surface area contributed by atoms with Crippen molar-refractivity contribution >= 4 is 11.1 Å². The molecule has 1 N–H and O–H groups in total. The third-order valence-corrected chi connectivity index (χ3v) is 3.29. The van der Waals surface area contributed by atoms with Gasteiger partial charge in [0.25, 0.3) is 0 Å². The Hall–Kier alpha value is -1.55. The van der Waals surface area contributed by atoms with Gasteiger partial charge in [0, 0.05) is 19.1 Å². The van der Waals surface area contributed by atoms with Crippen LogP contribution >= 0.6 is 0 Å². The maximum Gasteiger partial charge on any atom is 0.419 e. The molecule has 2 atom stereocenters. The van der Waals surface area contributed by atoms with Crippen LogP contribution in [0.25, 0.3) is 11.1 Å². The molecule has 2 heterocycles. The number of fused-ring (bicyclic) bond motifs is 1. The van der Waals surface area contributed by atoms with Gasteiger partial charge in [-0.3, -0.25) is 4.57 Å². The van der Waals surface area contributed by atoms with Gasteiger partial charge >= 0.3 is 5.76 Å². The third kappa shape index (κ3) is 1.30. The molecule has 1 aliphatic rings. The summed E-state index contributed by atoms with van der Waals surface area (Å²) in [5, 5.41) is 3.43. The number of hydrogen-bond donors (Lipinski definition) is 1. The van der Waals surface area contributed by atoms with Crippen LogP contribution < -0.4 is 11.1 Å². The minimum Gasteiger partial charge on any atom is -0.408 e. The van der Waals surface area contributed by atoms with Crippen molar-refractivity contribution < 1.29 is 4.42 Å². The van der Waals surface area contributed by atoms with E-state index in [0.29, 0.717) is 17.7 Å². The Morgan fingerprint density at radius 1 is 1.50 bits per heavy atom. The van der Waals surface area contributed by atoms with Gasteiger partial charge in [-0.1, -0.05) is 6.07 Å². The van der Waals surface area contributed by atoms with Crippen molar-refractivity contribution in [1.82, 2.24) is 9.88 Å². The van der Waals surface area contributed by atoms with Crippen molar-refractivity contribution in [2.75, 3.05) is 0 Å². The fraction of sp³-hybridized carbons (Fsp3) is 0.417. The van der Waals surface area contributed by atoms with Gasteiger partial charge in [-0.15, -0.1) is 0 Å². The quantitative estimate of drug-likeness (QED) is 0.790. The topological polar surface area (TPSA) is 47.2 Å². The first-order chi connectivity index (χ1) is 7.65. The predicted octanol–water partition coefficient (Wildman–Crippen LogP) is 1.55. The van der Waals surface area contributed by atoms with Crippen LogP contribution in [0, 0.1) is 0 Å². The molecule has 0 bridgehead atoms. The van der Waals surface area contributed by atoms with Crippen molar-refractivity contribution in [1.29, 1.82) is 0 Å². The molecule has 0 radical (unpaired) electrons. The fourth-order valence-electron chi connectivity index (χ4n) is 2.27. The Kier molecular flexibility index (Phi) is 1.94. The van der Waals surface area contributed by atoms with Crippen LogP contribution in [0.5, 0.6) is 0 Å². The zero-order valence-corrected chi connectivity index (χ0v) is 9.36. The molecule has 84 valence electrons. The molecule has 4 heteroatoms. The summed E-state index contributed by atoms with van der Waals surface area (Å²) in [6.07, 6.45) is 1.15. The van der Waals surface area contributed by atoms with E-state index in [9.17, 15) is 4.79 Å². The minimum absolute atomic E-state index is 0.304. The van der Waals surface area contributed by atoms with Crippen LogP contribution in [0.15, 0.2) is 27.4 Å². The molecule has 16 heavy (non-hydrogen) atoms. The molecule has 3 rings (SSSR count). The number of aromatic nitrogens is 1. The lowest BCUT2D eigenvalue weighted by Crippen LogP contribution is -2.43. The zero-order chi connectivity index (χ0) is 11.3. The van der Waals surface area contributed by atoms with E-state index in [1.807, 2.05) is 18.2 Å². The minimum atomic E-state index is -0.304. The average molecular weight is 218 g/mol. The van der Waals surface area contributed by atoms with Gasteiger partial charge < -0.3 is 9.73 Å². The van der Waals surface area contributed by atoms with Crippen LogP contribution in [0.2, 0.25) is 0 Å². The summed E-state index contributed by atoms with van der Waals surface area (Å²) in [7, 11) is 1.73. The van der Waals surface area contributed by atoms with Gasteiger partial charge in [0.2, 0.25) is 0 Å². The standard InChI is InChI=1S/C12H14N2O2/c1-7-5-9(13-7)8-3-4-11-10(6-8)14(2)12(15)16-11/h3-4,6-7,9,13H,5H2,1-2H3. The van der Waals surface area contributed by atoms with E-state index in [-0.39, 0.29) is 5.76 Å². The number of nitrogens with one attached hydrogen (secondary N) is 1. The van der Waals surface area contributed by atoms with Crippen LogP contribution in [0.1, 0.15) is 24.9 Å². The van der Waals surface area contributed by atoms with Crippen molar-refractivity contribution in [3.8, 4) is 0 Å². The molecular formula is C12H14N2O2. The summed E-state index contributed by atoms with van der Waals surface area (Å²) in [6, 6.07) is 6.94. The van der Waals surface area contributed by atoms with Crippen molar-refractivity contribution in [2.24, 2.45) is 7.05 Å². The SMILES string of the molecule is CC1CC(c2ccc3oc(=O)n(C)c3c2)N1. The monoisotopic (exact) mass is 218 g/mol. The number of aryl methyl sites for hydroxylation is 1. The highest BCUT2D eigenvalue weighted by atomic mass is 16.4. The lowest BCUT2D eigenvalue weighted by atomic mass is 9.92. The van der Waals surface area contributed by atoms with Gasteiger partial charge in [0.15, 0.2) is 5.58 Å². The largest absolute Gasteiger partial charge is 0.419 e. The predicted molar refractivity (Wildman–Crippen MR) is 61.4 cm³/mol. The Bertz CT molecular complexity index is 591. The highest BCUT2D eigenvalue weighted by Crippen LogP contribution is 2.29. The number of rotatable bonds is 1. The lowest BCUT2D eigenvalue weighted by Gasteiger charge is -2.35.